The lowest BCUT2D eigenvalue weighted by atomic mass is 9.72. The minimum absolute atomic E-state index is 0.00769. The Balaban J connectivity index is 1.86. The first-order valence-corrected chi connectivity index (χ1v) is 11.1. The molecule has 0 radical (unpaired) electrons. The molecule has 0 bridgehead atoms. The third-order valence-electron chi connectivity index (χ3n) is 5.51. The topological polar surface area (TPSA) is 145 Å². The Morgan fingerprint density at radius 3 is 2.42 bits per heavy atom. The van der Waals surface area contributed by atoms with Gasteiger partial charge in [-0.3, -0.25) is 19.7 Å². The Hall–Kier alpha value is -3.24. The molecule has 0 spiro atoms. The Labute approximate surface area is 180 Å². The summed E-state index contributed by atoms with van der Waals surface area (Å²) in [7, 11) is -2.63. The van der Waals surface area contributed by atoms with E-state index in [2.05, 4.69) is 10.6 Å². The average molecular weight is 445 g/mol. The maximum atomic E-state index is 12.7. The number of anilines is 1. The molecule has 2 aromatic carbocycles. The van der Waals surface area contributed by atoms with Crippen LogP contribution in [0.1, 0.15) is 42.1 Å². The van der Waals surface area contributed by atoms with E-state index in [-0.39, 0.29) is 34.4 Å². The van der Waals surface area contributed by atoms with Crippen molar-refractivity contribution < 1.29 is 27.5 Å². The smallest absolute Gasteiger partial charge is 0.259 e. The van der Waals surface area contributed by atoms with Gasteiger partial charge in [-0.15, -0.1) is 0 Å². The number of nitrogens with two attached hydrogens (primary N) is 1. The fraction of sp³-hybridized carbons (Fsp3) is 0.286. The van der Waals surface area contributed by atoms with Gasteiger partial charge in [0.05, 0.1) is 23.0 Å². The summed E-state index contributed by atoms with van der Waals surface area (Å²) in [6, 6.07) is 10.5. The monoisotopic (exact) mass is 445 g/mol. The molecule has 1 atom stereocenters. The summed E-state index contributed by atoms with van der Waals surface area (Å²) in [6.45, 7) is 1.88. The third-order valence-corrected chi connectivity index (χ3v) is 6.42. The standard InChI is InChI=1S/C21H23N3O6S/c1-3-21(11-10-18(25)24-20(21)27)13-4-6-14(7-5-13)23-19(26)16-12-15(31(22,28)29)8-9-17(16)30-2/h4-9,12H,3,10-11H2,1-2H3,(H,23,26)(H2,22,28,29)(H,24,25,27). The molecule has 9 nitrogen and oxygen atoms in total. The van der Waals surface area contributed by atoms with E-state index >= 15 is 0 Å². The highest BCUT2D eigenvalue weighted by molar-refractivity contribution is 7.89. The molecular weight excluding hydrogens is 422 g/mol. The van der Waals surface area contributed by atoms with Crippen molar-refractivity contribution in [2.45, 2.75) is 36.5 Å². The zero-order chi connectivity index (χ0) is 22.8. The van der Waals surface area contributed by atoms with Crippen LogP contribution in [0.25, 0.3) is 0 Å². The van der Waals surface area contributed by atoms with Crippen molar-refractivity contribution in [2.24, 2.45) is 5.14 Å². The number of nitrogens with one attached hydrogen (secondary N) is 2. The summed E-state index contributed by atoms with van der Waals surface area (Å²) in [4.78, 5) is 36.6. The van der Waals surface area contributed by atoms with Crippen LogP contribution in [-0.2, 0) is 25.0 Å². The van der Waals surface area contributed by atoms with Crippen LogP contribution in [0.15, 0.2) is 47.4 Å². The first-order chi connectivity index (χ1) is 14.6. The zero-order valence-corrected chi connectivity index (χ0v) is 17.9. The summed E-state index contributed by atoms with van der Waals surface area (Å²) >= 11 is 0. The molecule has 3 rings (SSSR count). The molecule has 1 aliphatic heterocycles. The van der Waals surface area contributed by atoms with E-state index in [1.54, 1.807) is 24.3 Å². The van der Waals surface area contributed by atoms with Gasteiger partial charge in [-0.25, -0.2) is 13.6 Å². The zero-order valence-electron chi connectivity index (χ0n) is 17.1. The summed E-state index contributed by atoms with van der Waals surface area (Å²) in [5.74, 6) is -1.00. The maximum Gasteiger partial charge on any atom is 0.259 e. The highest BCUT2D eigenvalue weighted by atomic mass is 32.2. The van der Waals surface area contributed by atoms with E-state index in [0.29, 0.717) is 18.5 Å². The van der Waals surface area contributed by atoms with Crippen molar-refractivity contribution >= 4 is 33.4 Å². The molecule has 3 amide bonds. The number of hydrogen-bond acceptors (Lipinski definition) is 6. The summed E-state index contributed by atoms with van der Waals surface area (Å²) in [5.41, 5.74) is 0.388. The van der Waals surface area contributed by atoms with Gasteiger partial charge in [0.15, 0.2) is 0 Å². The number of carbonyl (C=O) groups is 3. The lowest BCUT2D eigenvalue weighted by Crippen LogP contribution is -2.51. The van der Waals surface area contributed by atoms with Crippen LogP contribution in [0, 0.1) is 0 Å². The molecule has 0 aliphatic carbocycles. The lowest BCUT2D eigenvalue weighted by molar-refractivity contribution is -0.138. The molecule has 0 aromatic heterocycles. The second-order valence-electron chi connectivity index (χ2n) is 7.25. The SMILES string of the molecule is CCC1(c2ccc(NC(=O)c3cc(S(N)(=O)=O)ccc3OC)cc2)CCC(=O)NC1=O. The van der Waals surface area contributed by atoms with Gasteiger partial charge in [-0.05, 0) is 48.7 Å². The van der Waals surface area contributed by atoms with Gasteiger partial charge in [0.1, 0.15) is 5.75 Å². The number of primary sulfonamides is 1. The van der Waals surface area contributed by atoms with Crippen LogP contribution >= 0.6 is 0 Å². The van der Waals surface area contributed by atoms with Crippen LogP contribution in [-0.4, -0.2) is 33.2 Å². The van der Waals surface area contributed by atoms with Crippen LogP contribution < -0.4 is 20.5 Å². The number of rotatable bonds is 6. The van der Waals surface area contributed by atoms with Gasteiger partial charge in [0, 0.05) is 12.1 Å². The molecule has 164 valence electrons. The number of carbonyl (C=O) groups excluding carboxylic acids is 3. The normalized spacial score (nSPS) is 18.9. The van der Waals surface area contributed by atoms with Crippen molar-refractivity contribution in [1.29, 1.82) is 0 Å². The minimum atomic E-state index is -3.99. The van der Waals surface area contributed by atoms with Crippen LogP contribution in [0.2, 0.25) is 0 Å². The third kappa shape index (κ3) is 4.44. The molecule has 31 heavy (non-hydrogen) atoms. The van der Waals surface area contributed by atoms with Gasteiger partial charge >= 0.3 is 0 Å². The number of amides is 3. The first-order valence-electron chi connectivity index (χ1n) is 9.58. The van der Waals surface area contributed by atoms with E-state index in [4.69, 9.17) is 9.88 Å². The van der Waals surface area contributed by atoms with Crippen molar-refractivity contribution in [1.82, 2.24) is 5.32 Å². The van der Waals surface area contributed by atoms with Crippen LogP contribution in [0.5, 0.6) is 5.75 Å². The molecule has 1 fully saturated rings. The predicted octanol–water partition coefficient (Wildman–Crippen LogP) is 1.68. The van der Waals surface area contributed by atoms with Crippen LogP contribution in [0.4, 0.5) is 5.69 Å². The Kier molecular flexibility index (Phi) is 6.14. The molecule has 1 heterocycles. The molecule has 4 N–H and O–H groups in total. The summed E-state index contributed by atoms with van der Waals surface area (Å²) in [6.07, 6.45) is 1.20. The van der Waals surface area contributed by atoms with Crippen molar-refractivity contribution in [3.63, 3.8) is 0 Å². The number of sulfonamides is 1. The highest BCUT2D eigenvalue weighted by Gasteiger charge is 2.42. The fourth-order valence-electron chi connectivity index (χ4n) is 3.68. The molecule has 1 saturated heterocycles. The number of imide groups is 1. The highest BCUT2D eigenvalue weighted by Crippen LogP contribution is 2.36. The number of ether oxygens (including phenoxy) is 1. The van der Waals surface area contributed by atoms with E-state index in [0.717, 1.165) is 11.6 Å². The molecule has 2 aromatic rings. The van der Waals surface area contributed by atoms with Gasteiger partial charge in [-0.2, -0.15) is 0 Å². The average Bonchev–Trinajstić information content (AvgIpc) is 2.74. The maximum absolute atomic E-state index is 12.7. The molecular formula is C21H23N3O6S. The Morgan fingerprint density at radius 2 is 1.87 bits per heavy atom. The van der Waals surface area contributed by atoms with Gasteiger partial charge < -0.3 is 10.1 Å². The van der Waals surface area contributed by atoms with E-state index in [1.807, 2.05) is 6.92 Å². The van der Waals surface area contributed by atoms with Gasteiger partial charge in [-0.1, -0.05) is 19.1 Å². The number of benzene rings is 2. The first kappa shape index (κ1) is 22.4. The predicted molar refractivity (Wildman–Crippen MR) is 113 cm³/mol. The molecule has 1 unspecified atom stereocenters. The Bertz CT molecular complexity index is 1140. The van der Waals surface area contributed by atoms with E-state index in [9.17, 15) is 22.8 Å². The minimum Gasteiger partial charge on any atom is -0.496 e. The summed E-state index contributed by atoms with van der Waals surface area (Å²) in [5, 5.41) is 10.2. The van der Waals surface area contributed by atoms with Crippen molar-refractivity contribution in [2.75, 3.05) is 12.4 Å². The van der Waals surface area contributed by atoms with Gasteiger partial charge in [0.25, 0.3) is 5.91 Å². The quantitative estimate of drug-likeness (QED) is 0.577. The van der Waals surface area contributed by atoms with E-state index < -0.39 is 21.3 Å². The molecule has 1 aliphatic rings. The number of hydrogen-bond donors (Lipinski definition) is 3. The fourth-order valence-corrected chi connectivity index (χ4v) is 4.22. The molecule has 0 saturated carbocycles. The van der Waals surface area contributed by atoms with Crippen molar-refractivity contribution in [3.8, 4) is 5.75 Å². The van der Waals surface area contributed by atoms with Crippen molar-refractivity contribution in [3.05, 3.63) is 53.6 Å². The largest absolute Gasteiger partial charge is 0.496 e. The van der Waals surface area contributed by atoms with E-state index in [1.165, 1.54) is 19.2 Å². The Morgan fingerprint density at radius 1 is 1.19 bits per heavy atom. The second-order valence-corrected chi connectivity index (χ2v) is 8.81. The van der Waals surface area contributed by atoms with Gasteiger partial charge in [0.2, 0.25) is 21.8 Å². The molecule has 10 heteroatoms. The number of piperidine rings is 1. The lowest BCUT2D eigenvalue weighted by Gasteiger charge is -2.35. The van der Waals surface area contributed by atoms with Crippen LogP contribution in [0.3, 0.4) is 0 Å². The summed E-state index contributed by atoms with van der Waals surface area (Å²) < 4.78 is 28.4. The number of methoxy groups -OCH3 is 1. The second kappa shape index (κ2) is 8.48.